The molecule has 78 valence electrons. The molecule has 1 aromatic rings. The summed E-state index contributed by atoms with van der Waals surface area (Å²) in [4.78, 5) is 0. The highest BCUT2D eigenvalue weighted by Gasteiger charge is 2.20. The van der Waals surface area contributed by atoms with Crippen LogP contribution >= 0.6 is 0 Å². The van der Waals surface area contributed by atoms with Gasteiger partial charge in [0.05, 0.1) is 12.4 Å². The van der Waals surface area contributed by atoms with Crippen molar-refractivity contribution in [3.05, 3.63) is 23.7 Å². The SMILES string of the molecule is Cc1cc(C(O)CC2CCCC2)co1. The molecular weight excluding hydrogens is 176 g/mol. The predicted octanol–water partition coefficient (Wildman–Crippen LogP) is 3.20. The van der Waals surface area contributed by atoms with Crippen LogP contribution in [0.4, 0.5) is 0 Å². The molecular formula is C12H18O2. The Balaban J connectivity index is 1.91. The maximum atomic E-state index is 9.93. The van der Waals surface area contributed by atoms with Crippen molar-refractivity contribution in [2.75, 3.05) is 0 Å². The molecule has 1 aromatic heterocycles. The smallest absolute Gasteiger partial charge is 0.101 e. The molecule has 1 unspecified atom stereocenters. The molecule has 1 aliphatic carbocycles. The van der Waals surface area contributed by atoms with E-state index in [4.69, 9.17) is 4.42 Å². The van der Waals surface area contributed by atoms with E-state index in [0.29, 0.717) is 0 Å². The van der Waals surface area contributed by atoms with Gasteiger partial charge in [-0.2, -0.15) is 0 Å². The zero-order valence-electron chi connectivity index (χ0n) is 8.70. The van der Waals surface area contributed by atoms with Crippen LogP contribution < -0.4 is 0 Å². The van der Waals surface area contributed by atoms with Crippen molar-refractivity contribution < 1.29 is 9.52 Å². The van der Waals surface area contributed by atoms with Crippen molar-refractivity contribution in [1.29, 1.82) is 0 Å². The average molecular weight is 194 g/mol. The van der Waals surface area contributed by atoms with Gasteiger partial charge in [0.25, 0.3) is 0 Å². The molecule has 1 saturated carbocycles. The van der Waals surface area contributed by atoms with Crippen molar-refractivity contribution in [1.82, 2.24) is 0 Å². The van der Waals surface area contributed by atoms with Gasteiger partial charge >= 0.3 is 0 Å². The maximum absolute atomic E-state index is 9.93. The number of aliphatic hydroxyl groups is 1. The Morgan fingerprint density at radius 3 is 2.79 bits per heavy atom. The number of aliphatic hydroxyl groups excluding tert-OH is 1. The molecule has 0 amide bonds. The number of hydrogen-bond acceptors (Lipinski definition) is 2. The Bertz CT molecular complexity index is 284. The van der Waals surface area contributed by atoms with Gasteiger partial charge in [0.15, 0.2) is 0 Å². The number of hydrogen-bond donors (Lipinski definition) is 1. The van der Waals surface area contributed by atoms with Gasteiger partial charge in [-0.15, -0.1) is 0 Å². The van der Waals surface area contributed by atoms with Gasteiger partial charge in [-0.05, 0) is 25.3 Å². The van der Waals surface area contributed by atoms with E-state index in [9.17, 15) is 5.11 Å². The Kier molecular flexibility index (Phi) is 2.92. The van der Waals surface area contributed by atoms with Crippen LogP contribution in [0.3, 0.4) is 0 Å². The fourth-order valence-electron chi connectivity index (χ4n) is 2.34. The van der Waals surface area contributed by atoms with Crippen LogP contribution in [-0.4, -0.2) is 5.11 Å². The summed E-state index contributed by atoms with van der Waals surface area (Å²) in [7, 11) is 0. The van der Waals surface area contributed by atoms with Crippen LogP contribution in [-0.2, 0) is 0 Å². The molecule has 1 fully saturated rings. The van der Waals surface area contributed by atoms with E-state index in [2.05, 4.69) is 0 Å². The van der Waals surface area contributed by atoms with E-state index >= 15 is 0 Å². The molecule has 1 aliphatic rings. The Morgan fingerprint density at radius 1 is 1.50 bits per heavy atom. The van der Waals surface area contributed by atoms with Crippen molar-refractivity contribution >= 4 is 0 Å². The normalized spacial score (nSPS) is 20.1. The summed E-state index contributed by atoms with van der Waals surface area (Å²) in [6.45, 7) is 1.91. The maximum Gasteiger partial charge on any atom is 0.101 e. The topological polar surface area (TPSA) is 33.4 Å². The lowest BCUT2D eigenvalue weighted by molar-refractivity contribution is 0.144. The first-order chi connectivity index (χ1) is 6.75. The highest BCUT2D eigenvalue weighted by atomic mass is 16.3. The summed E-state index contributed by atoms with van der Waals surface area (Å²) in [5, 5.41) is 9.93. The van der Waals surface area contributed by atoms with Crippen LogP contribution in [0.5, 0.6) is 0 Å². The zero-order valence-corrected chi connectivity index (χ0v) is 8.70. The Morgan fingerprint density at radius 2 is 2.21 bits per heavy atom. The molecule has 1 atom stereocenters. The third-order valence-corrected chi connectivity index (χ3v) is 3.17. The zero-order chi connectivity index (χ0) is 9.97. The van der Waals surface area contributed by atoms with Gasteiger partial charge < -0.3 is 9.52 Å². The monoisotopic (exact) mass is 194 g/mol. The van der Waals surface area contributed by atoms with Crippen LogP contribution in [0.2, 0.25) is 0 Å². The van der Waals surface area contributed by atoms with Crippen LogP contribution in [0, 0.1) is 12.8 Å². The van der Waals surface area contributed by atoms with Crippen LogP contribution in [0.25, 0.3) is 0 Å². The first kappa shape index (κ1) is 9.78. The predicted molar refractivity (Wildman–Crippen MR) is 55.0 cm³/mol. The first-order valence-electron chi connectivity index (χ1n) is 5.49. The highest BCUT2D eigenvalue weighted by Crippen LogP contribution is 2.33. The first-order valence-corrected chi connectivity index (χ1v) is 5.49. The van der Waals surface area contributed by atoms with Crippen molar-refractivity contribution in [3.63, 3.8) is 0 Å². The minimum atomic E-state index is -0.324. The summed E-state index contributed by atoms with van der Waals surface area (Å²) in [5.74, 6) is 1.60. The van der Waals surface area contributed by atoms with E-state index in [0.717, 1.165) is 23.7 Å². The summed E-state index contributed by atoms with van der Waals surface area (Å²) in [6.07, 6.45) is 7.50. The van der Waals surface area contributed by atoms with Gasteiger partial charge in [0.2, 0.25) is 0 Å². The standard InChI is InChI=1S/C12H18O2/c1-9-6-11(8-14-9)12(13)7-10-4-2-3-5-10/h6,8,10,12-13H,2-5,7H2,1H3. The van der Waals surface area contributed by atoms with Gasteiger partial charge in [-0.3, -0.25) is 0 Å². The second-order valence-electron chi connectivity index (χ2n) is 4.39. The second-order valence-corrected chi connectivity index (χ2v) is 4.39. The Labute approximate surface area is 84.9 Å². The van der Waals surface area contributed by atoms with E-state index in [1.54, 1.807) is 6.26 Å². The summed E-state index contributed by atoms with van der Waals surface area (Å²) in [5.41, 5.74) is 0.939. The lowest BCUT2D eigenvalue weighted by Crippen LogP contribution is -2.03. The molecule has 0 radical (unpaired) electrons. The summed E-state index contributed by atoms with van der Waals surface area (Å²) in [6, 6.07) is 1.93. The molecule has 0 spiro atoms. The molecule has 14 heavy (non-hydrogen) atoms. The minimum Gasteiger partial charge on any atom is -0.469 e. The number of aryl methyl sites for hydroxylation is 1. The van der Waals surface area contributed by atoms with E-state index in [1.807, 2.05) is 13.0 Å². The van der Waals surface area contributed by atoms with Crippen molar-refractivity contribution in [2.24, 2.45) is 5.92 Å². The van der Waals surface area contributed by atoms with Gasteiger partial charge in [0.1, 0.15) is 5.76 Å². The second kappa shape index (κ2) is 4.18. The van der Waals surface area contributed by atoms with Gasteiger partial charge in [0, 0.05) is 5.56 Å². The minimum absolute atomic E-state index is 0.324. The third kappa shape index (κ3) is 2.18. The largest absolute Gasteiger partial charge is 0.469 e. The molecule has 1 heterocycles. The average Bonchev–Trinajstić information content (AvgIpc) is 2.75. The number of furan rings is 1. The summed E-state index contributed by atoms with van der Waals surface area (Å²) >= 11 is 0. The lowest BCUT2D eigenvalue weighted by atomic mass is 9.97. The molecule has 0 aliphatic heterocycles. The molecule has 1 N–H and O–H groups in total. The Hall–Kier alpha value is -0.760. The molecule has 2 heteroatoms. The molecule has 0 aromatic carbocycles. The molecule has 2 nitrogen and oxygen atoms in total. The van der Waals surface area contributed by atoms with Crippen LogP contribution in [0.15, 0.2) is 16.7 Å². The van der Waals surface area contributed by atoms with Crippen LogP contribution in [0.1, 0.15) is 49.5 Å². The van der Waals surface area contributed by atoms with E-state index in [-0.39, 0.29) is 6.10 Å². The molecule has 0 bridgehead atoms. The lowest BCUT2D eigenvalue weighted by Gasteiger charge is -2.13. The van der Waals surface area contributed by atoms with Gasteiger partial charge in [-0.25, -0.2) is 0 Å². The summed E-state index contributed by atoms with van der Waals surface area (Å²) < 4.78 is 5.19. The highest BCUT2D eigenvalue weighted by molar-refractivity contribution is 5.14. The van der Waals surface area contributed by atoms with Gasteiger partial charge in [-0.1, -0.05) is 25.7 Å². The van der Waals surface area contributed by atoms with E-state index < -0.39 is 0 Å². The molecule has 0 saturated heterocycles. The van der Waals surface area contributed by atoms with E-state index in [1.165, 1.54) is 25.7 Å². The van der Waals surface area contributed by atoms with Crippen molar-refractivity contribution in [2.45, 2.75) is 45.1 Å². The quantitative estimate of drug-likeness (QED) is 0.801. The molecule has 2 rings (SSSR count). The fourth-order valence-corrected chi connectivity index (χ4v) is 2.34. The van der Waals surface area contributed by atoms with Crippen molar-refractivity contribution in [3.8, 4) is 0 Å². The number of rotatable bonds is 3. The fraction of sp³-hybridized carbons (Fsp3) is 0.667. The third-order valence-electron chi connectivity index (χ3n) is 3.17.